The summed E-state index contributed by atoms with van der Waals surface area (Å²) in [5.41, 5.74) is 0. The van der Waals surface area contributed by atoms with Gasteiger partial charge in [0.25, 0.3) is 0 Å². The normalized spacial score (nSPS) is 27.2. The molecule has 2 unspecified atom stereocenters. The van der Waals surface area contributed by atoms with E-state index in [0.29, 0.717) is 25.0 Å². The van der Waals surface area contributed by atoms with Crippen LogP contribution in [0.1, 0.15) is 20.3 Å². The maximum absolute atomic E-state index is 12.0. The van der Waals surface area contributed by atoms with Gasteiger partial charge in [0.1, 0.15) is 0 Å². The molecular weight excluding hydrogens is 240 g/mol. The van der Waals surface area contributed by atoms with Crippen molar-refractivity contribution in [2.24, 2.45) is 5.92 Å². The van der Waals surface area contributed by atoms with E-state index in [0.717, 1.165) is 13.0 Å². The molecule has 0 aromatic heterocycles. The molecule has 0 radical (unpaired) electrons. The van der Waals surface area contributed by atoms with E-state index in [2.05, 4.69) is 19.2 Å². The Morgan fingerprint density at radius 1 is 1.47 bits per heavy atom. The highest BCUT2D eigenvalue weighted by Crippen LogP contribution is 2.19. The average Bonchev–Trinajstić information content (AvgIpc) is 2.29. The predicted molar refractivity (Wildman–Crippen MR) is 68.5 cm³/mol. The zero-order valence-corrected chi connectivity index (χ0v) is 11.8. The third-order valence-electron chi connectivity index (χ3n) is 3.27. The van der Waals surface area contributed by atoms with E-state index >= 15 is 0 Å². The third kappa shape index (κ3) is 4.21. The monoisotopic (exact) mass is 264 g/mol. The van der Waals surface area contributed by atoms with Crippen molar-refractivity contribution in [3.63, 3.8) is 0 Å². The van der Waals surface area contributed by atoms with Crippen molar-refractivity contribution < 1.29 is 13.2 Å². The first-order valence-electron chi connectivity index (χ1n) is 6.21. The highest BCUT2D eigenvalue weighted by atomic mass is 32.2. The van der Waals surface area contributed by atoms with Gasteiger partial charge in [0.2, 0.25) is 10.0 Å². The second-order valence-corrected chi connectivity index (χ2v) is 6.69. The zero-order valence-electron chi connectivity index (χ0n) is 11.0. The van der Waals surface area contributed by atoms with E-state index in [1.54, 1.807) is 4.31 Å². The first kappa shape index (κ1) is 14.9. The quantitative estimate of drug-likeness (QED) is 0.749. The van der Waals surface area contributed by atoms with Gasteiger partial charge in [-0.2, -0.15) is 0 Å². The van der Waals surface area contributed by atoms with E-state index < -0.39 is 10.0 Å². The summed E-state index contributed by atoms with van der Waals surface area (Å²) in [6.45, 7) is 6.62. The minimum atomic E-state index is -3.14. The van der Waals surface area contributed by atoms with E-state index in [9.17, 15) is 8.42 Å². The largest absolute Gasteiger partial charge is 0.384 e. The summed E-state index contributed by atoms with van der Waals surface area (Å²) in [6.07, 6.45) is 0.890. The lowest BCUT2D eigenvalue weighted by Gasteiger charge is -2.36. The number of rotatable bonds is 6. The van der Waals surface area contributed by atoms with Crippen LogP contribution < -0.4 is 5.32 Å². The average molecular weight is 264 g/mol. The molecule has 0 aromatic rings. The summed E-state index contributed by atoms with van der Waals surface area (Å²) in [5.74, 6) is 0.447. The van der Waals surface area contributed by atoms with Crippen LogP contribution >= 0.6 is 0 Å². The summed E-state index contributed by atoms with van der Waals surface area (Å²) in [6, 6.07) is 0.439. The summed E-state index contributed by atoms with van der Waals surface area (Å²) >= 11 is 0. The predicted octanol–water partition coefficient (Wildman–Crippen LogP) is 0.283. The fourth-order valence-electron chi connectivity index (χ4n) is 2.24. The van der Waals surface area contributed by atoms with Crippen LogP contribution in [0.3, 0.4) is 0 Å². The molecule has 1 fully saturated rings. The van der Waals surface area contributed by atoms with Crippen LogP contribution in [-0.2, 0) is 14.8 Å². The van der Waals surface area contributed by atoms with Gasteiger partial charge >= 0.3 is 0 Å². The van der Waals surface area contributed by atoms with Gasteiger partial charge < -0.3 is 10.1 Å². The number of ether oxygens (including phenoxy) is 1. The van der Waals surface area contributed by atoms with Crippen LogP contribution in [0, 0.1) is 5.92 Å². The van der Waals surface area contributed by atoms with Gasteiger partial charge in [-0.1, -0.05) is 13.8 Å². The van der Waals surface area contributed by atoms with Gasteiger partial charge in [-0.3, -0.25) is 0 Å². The summed E-state index contributed by atoms with van der Waals surface area (Å²) < 4.78 is 30.4. The van der Waals surface area contributed by atoms with Gasteiger partial charge in [-0.05, 0) is 18.9 Å². The van der Waals surface area contributed by atoms with Crippen LogP contribution in [0.15, 0.2) is 0 Å². The summed E-state index contributed by atoms with van der Waals surface area (Å²) in [4.78, 5) is 0. The van der Waals surface area contributed by atoms with Crippen molar-refractivity contribution in [2.75, 3.05) is 39.1 Å². The van der Waals surface area contributed by atoms with Gasteiger partial charge in [-0.25, -0.2) is 12.7 Å². The molecule has 5 nitrogen and oxygen atoms in total. The Bertz CT molecular complexity index is 319. The Hall–Kier alpha value is -0.170. The Balaban J connectivity index is 2.54. The second kappa shape index (κ2) is 6.68. The molecular formula is C11H24N2O3S. The molecule has 17 heavy (non-hydrogen) atoms. The molecule has 0 amide bonds. The van der Waals surface area contributed by atoms with Gasteiger partial charge in [-0.15, -0.1) is 0 Å². The molecule has 6 heteroatoms. The number of nitrogens with zero attached hydrogens (tertiary/aromatic N) is 1. The summed E-state index contributed by atoms with van der Waals surface area (Å²) in [7, 11) is -1.61. The minimum Gasteiger partial charge on any atom is -0.384 e. The number of piperidine rings is 1. The molecule has 0 saturated carbocycles. The fraction of sp³-hybridized carbons (Fsp3) is 1.00. The standard InChI is InChI=1S/C11H24N2O3S/c1-4-12-11-5-6-13(9-10(11)2)17(14,15)8-7-16-3/h10-12H,4-9H2,1-3H3. The van der Waals surface area contributed by atoms with Crippen molar-refractivity contribution in [3.05, 3.63) is 0 Å². The fourth-order valence-corrected chi connectivity index (χ4v) is 3.72. The Labute approximate surface area is 105 Å². The van der Waals surface area contributed by atoms with E-state index in [1.807, 2.05) is 0 Å². The van der Waals surface area contributed by atoms with Crippen molar-refractivity contribution in [1.82, 2.24) is 9.62 Å². The molecule has 1 heterocycles. The van der Waals surface area contributed by atoms with Crippen molar-refractivity contribution in [1.29, 1.82) is 0 Å². The van der Waals surface area contributed by atoms with Crippen molar-refractivity contribution in [3.8, 4) is 0 Å². The first-order chi connectivity index (χ1) is 8.01. The van der Waals surface area contributed by atoms with E-state index in [4.69, 9.17) is 4.74 Å². The lowest BCUT2D eigenvalue weighted by Crippen LogP contribution is -2.50. The molecule has 1 aliphatic heterocycles. The number of hydrogen-bond acceptors (Lipinski definition) is 4. The lowest BCUT2D eigenvalue weighted by atomic mass is 9.95. The molecule has 1 rings (SSSR count). The molecule has 1 saturated heterocycles. The highest BCUT2D eigenvalue weighted by Gasteiger charge is 2.31. The highest BCUT2D eigenvalue weighted by molar-refractivity contribution is 7.89. The van der Waals surface area contributed by atoms with Crippen LogP contribution in [-0.4, -0.2) is 57.9 Å². The topological polar surface area (TPSA) is 58.6 Å². The van der Waals surface area contributed by atoms with Gasteiger partial charge in [0, 0.05) is 26.2 Å². The van der Waals surface area contributed by atoms with Crippen LogP contribution in [0.4, 0.5) is 0 Å². The maximum atomic E-state index is 12.0. The van der Waals surface area contributed by atoms with E-state index in [1.165, 1.54) is 7.11 Å². The van der Waals surface area contributed by atoms with Gasteiger partial charge in [0.05, 0.1) is 12.4 Å². The molecule has 1 aliphatic rings. The third-order valence-corrected chi connectivity index (χ3v) is 5.07. The molecule has 1 N–H and O–H groups in total. The SMILES string of the molecule is CCNC1CCN(S(=O)(=O)CCOC)CC1C. The number of sulfonamides is 1. The van der Waals surface area contributed by atoms with Crippen LogP contribution in [0.5, 0.6) is 0 Å². The number of methoxy groups -OCH3 is 1. The van der Waals surface area contributed by atoms with Gasteiger partial charge in [0.15, 0.2) is 0 Å². The van der Waals surface area contributed by atoms with Crippen LogP contribution in [0.2, 0.25) is 0 Å². The first-order valence-corrected chi connectivity index (χ1v) is 7.82. The Kier molecular flexibility index (Phi) is 5.85. The lowest BCUT2D eigenvalue weighted by molar-refractivity contribution is 0.205. The Morgan fingerprint density at radius 3 is 2.71 bits per heavy atom. The molecule has 2 atom stereocenters. The Morgan fingerprint density at radius 2 is 2.18 bits per heavy atom. The van der Waals surface area contributed by atoms with Crippen molar-refractivity contribution >= 4 is 10.0 Å². The molecule has 0 aromatic carbocycles. The number of nitrogens with one attached hydrogen (secondary N) is 1. The number of hydrogen-bond donors (Lipinski definition) is 1. The zero-order chi connectivity index (χ0) is 12.9. The van der Waals surface area contributed by atoms with Crippen molar-refractivity contribution in [2.45, 2.75) is 26.3 Å². The van der Waals surface area contributed by atoms with E-state index in [-0.39, 0.29) is 12.4 Å². The summed E-state index contributed by atoms with van der Waals surface area (Å²) in [5, 5.41) is 3.40. The van der Waals surface area contributed by atoms with Crippen LogP contribution in [0.25, 0.3) is 0 Å². The maximum Gasteiger partial charge on any atom is 0.216 e. The molecule has 0 aliphatic carbocycles. The minimum absolute atomic E-state index is 0.0854. The smallest absolute Gasteiger partial charge is 0.216 e. The molecule has 0 spiro atoms. The molecule has 0 bridgehead atoms. The molecule has 102 valence electrons. The second-order valence-electron chi connectivity index (χ2n) is 4.60.